The molecule has 1 aliphatic heterocycles. The molecule has 1 aromatic rings. The second-order valence-corrected chi connectivity index (χ2v) is 6.52. The first kappa shape index (κ1) is 16.5. The molecule has 0 atom stereocenters. The molecule has 2 heterocycles. The van der Waals surface area contributed by atoms with Gasteiger partial charge in [-0.2, -0.15) is 5.10 Å². The van der Waals surface area contributed by atoms with E-state index in [9.17, 15) is 19.5 Å². The van der Waals surface area contributed by atoms with Crippen molar-refractivity contribution >= 4 is 17.8 Å². The maximum Gasteiger partial charge on any atom is 0.356 e. The maximum absolute atomic E-state index is 12.2. The second-order valence-electron chi connectivity index (χ2n) is 6.52. The standard InChI is InChI=1S/C16H21N3O5/c20-13(2-1-3-14(21)22)18-7-6-12-11(9-18)15(16(23)24)17-19(12)8-10-4-5-10/h10H,1-9H2,(H,21,22)(H,23,24). The lowest BCUT2D eigenvalue weighted by Gasteiger charge is -2.27. The highest BCUT2D eigenvalue weighted by molar-refractivity contribution is 5.88. The van der Waals surface area contributed by atoms with E-state index in [0.29, 0.717) is 30.9 Å². The van der Waals surface area contributed by atoms with Crippen molar-refractivity contribution in [2.45, 2.75) is 51.6 Å². The molecule has 2 N–H and O–H groups in total. The van der Waals surface area contributed by atoms with E-state index < -0.39 is 11.9 Å². The fraction of sp³-hybridized carbons (Fsp3) is 0.625. The molecule has 24 heavy (non-hydrogen) atoms. The van der Waals surface area contributed by atoms with Crippen LogP contribution in [0.5, 0.6) is 0 Å². The molecule has 0 radical (unpaired) electrons. The number of amides is 1. The van der Waals surface area contributed by atoms with Gasteiger partial charge in [-0.1, -0.05) is 0 Å². The third-order valence-electron chi connectivity index (χ3n) is 4.60. The smallest absolute Gasteiger partial charge is 0.356 e. The predicted molar refractivity (Wildman–Crippen MR) is 82.5 cm³/mol. The number of carbonyl (C=O) groups excluding carboxylic acids is 1. The number of fused-ring (bicyclic) bond motifs is 1. The summed E-state index contributed by atoms with van der Waals surface area (Å²) in [5, 5.41) is 22.3. The van der Waals surface area contributed by atoms with Gasteiger partial charge in [0.25, 0.3) is 0 Å². The van der Waals surface area contributed by atoms with Crippen LogP contribution >= 0.6 is 0 Å². The van der Waals surface area contributed by atoms with Crippen LogP contribution in [0.15, 0.2) is 0 Å². The van der Waals surface area contributed by atoms with E-state index in [0.717, 1.165) is 25.1 Å². The molecule has 0 bridgehead atoms. The Hall–Kier alpha value is -2.38. The van der Waals surface area contributed by atoms with Gasteiger partial charge in [0.1, 0.15) is 0 Å². The van der Waals surface area contributed by atoms with Gasteiger partial charge in [0, 0.05) is 50.2 Å². The average molecular weight is 335 g/mol. The summed E-state index contributed by atoms with van der Waals surface area (Å²) < 4.78 is 1.81. The first-order valence-corrected chi connectivity index (χ1v) is 8.27. The molecule has 130 valence electrons. The Morgan fingerprint density at radius 1 is 1.17 bits per heavy atom. The Bertz CT molecular complexity index is 677. The van der Waals surface area contributed by atoms with Crippen molar-refractivity contribution in [2.24, 2.45) is 5.92 Å². The third kappa shape index (κ3) is 3.58. The number of rotatable bonds is 7. The van der Waals surface area contributed by atoms with Gasteiger partial charge in [-0.25, -0.2) is 4.79 Å². The number of aliphatic carboxylic acids is 1. The fourth-order valence-corrected chi connectivity index (χ4v) is 3.12. The normalized spacial score (nSPS) is 16.8. The van der Waals surface area contributed by atoms with Gasteiger partial charge in [0.15, 0.2) is 5.69 Å². The van der Waals surface area contributed by atoms with Crippen LogP contribution in [-0.4, -0.2) is 49.3 Å². The number of aromatic carboxylic acids is 1. The van der Waals surface area contributed by atoms with E-state index in [1.54, 1.807) is 4.90 Å². The topological polar surface area (TPSA) is 113 Å². The summed E-state index contributed by atoms with van der Waals surface area (Å²) in [4.78, 5) is 35.8. The SMILES string of the molecule is O=C(O)CCCC(=O)N1CCc2c(c(C(=O)O)nn2CC2CC2)C1. The van der Waals surface area contributed by atoms with Crippen LogP contribution in [0.3, 0.4) is 0 Å². The molecule has 8 nitrogen and oxygen atoms in total. The first-order chi connectivity index (χ1) is 11.5. The largest absolute Gasteiger partial charge is 0.481 e. The number of nitrogens with zero attached hydrogens (tertiary/aromatic N) is 3. The van der Waals surface area contributed by atoms with Gasteiger partial charge in [-0.15, -0.1) is 0 Å². The number of hydrogen-bond acceptors (Lipinski definition) is 4. The monoisotopic (exact) mass is 335 g/mol. The van der Waals surface area contributed by atoms with Crippen molar-refractivity contribution in [3.05, 3.63) is 17.0 Å². The van der Waals surface area contributed by atoms with Crippen LogP contribution in [0.4, 0.5) is 0 Å². The van der Waals surface area contributed by atoms with Crippen molar-refractivity contribution in [1.82, 2.24) is 14.7 Å². The highest BCUT2D eigenvalue weighted by atomic mass is 16.4. The minimum Gasteiger partial charge on any atom is -0.481 e. The van der Waals surface area contributed by atoms with E-state index in [1.165, 1.54) is 0 Å². The predicted octanol–water partition coefficient (Wildman–Crippen LogP) is 1.13. The molecule has 1 aromatic heterocycles. The molecule has 0 spiro atoms. The number of hydrogen-bond donors (Lipinski definition) is 2. The van der Waals surface area contributed by atoms with Crippen molar-refractivity contribution < 1.29 is 24.6 Å². The van der Waals surface area contributed by atoms with Gasteiger partial charge >= 0.3 is 11.9 Å². The zero-order chi connectivity index (χ0) is 17.3. The van der Waals surface area contributed by atoms with E-state index >= 15 is 0 Å². The highest BCUT2D eigenvalue weighted by Gasteiger charge is 2.32. The molecular formula is C16H21N3O5. The average Bonchev–Trinajstić information content (AvgIpc) is 3.26. The van der Waals surface area contributed by atoms with Crippen LogP contribution in [0, 0.1) is 5.92 Å². The summed E-state index contributed by atoms with van der Waals surface area (Å²) in [5.74, 6) is -1.53. The molecule has 1 fully saturated rings. The number of carboxylic acids is 2. The van der Waals surface area contributed by atoms with Crippen LogP contribution in [0.25, 0.3) is 0 Å². The summed E-state index contributed by atoms with van der Waals surface area (Å²) in [6.07, 6.45) is 3.33. The zero-order valence-corrected chi connectivity index (χ0v) is 13.4. The third-order valence-corrected chi connectivity index (χ3v) is 4.60. The molecule has 3 rings (SSSR count). The minimum absolute atomic E-state index is 0.0358. The summed E-state index contributed by atoms with van der Waals surface area (Å²) in [6.45, 7) is 1.52. The van der Waals surface area contributed by atoms with E-state index in [4.69, 9.17) is 5.11 Å². The highest BCUT2D eigenvalue weighted by Crippen LogP contribution is 2.32. The van der Waals surface area contributed by atoms with Crippen molar-refractivity contribution in [2.75, 3.05) is 6.54 Å². The molecule has 1 amide bonds. The van der Waals surface area contributed by atoms with Gasteiger partial charge < -0.3 is 15.1 Å². The Morgan fingerprint density at radius 3 is 2.54 bits per heavy atom. The Kier molecular flexibility index (Phi) is 4.55. The number of aromatic nitrogens is 2. The Balaban J connectivity index is 1.71. The van der Waals surface area contributed by atoms with Crippen LogP contribution in [0.1, 0.15) is 53.8 Å². The molecule has 1 saturated carbocycles. The molecule has 0 aromatic carbocycles. The molecular weight excluding hydrogens is 314 g/mol. The van der Waals surface area contributed by atoms with Gasteiger partial charge in [-0.3, -0.25) is 14.3 Å². The zero-order valence-electron chi connectivity index (χ0n) is 13.4. The lowest BCUT2D eigenvalue weighted by molar-refractivity contribution is -0.137. The van der Waals surface area contributed by atoms with Crippen LogP contribution in [-0.2, 0) is 29.1 Å². The van der Waals surface area contributed by atoms with Crippen LogP contribution < -0.4 is 0 Å². The summed E-state index contributed by atoms with van der Waals surface area (Å²) in [7, 11) is 0. The number of carboxylic acid groups (broad SMARTS) is 2. The quantitative estimate of drug-likeness (QED) is 0.772. The second kappa shape index (κ2) is 6.62. The minimum atomic E-state index is -1.07. The Morgan fingerprint density at radius 2 is 1.92 bits per heavy atom. The molecule has 1 aliphatic carbocycles. The van der Waals surface area contributed by atoms with Gasteiger partial charge in [0.05, 0.1) is 0 Å². The lowest BCUT2D eigenvalue weighted by Crippen LogP contribution is -2.36. The lowest BCUT2D eigenvalue weighted by atomic mass is 10.0. The Labute approximate surface area is 139 Å². The van der Waals surface area contributed by atoms with E-state index in [2.05, 4.69) is 5.10 Å². The van der Waals surface area contributed by atoms with E-state index in [-0.39, 0.29) is 31.0 Å². The molecule has 2 aliphatic rings. The summed E-state index contributed by atoms with van der Waals surface area (Å²) >= 11 is 0. The number of carbonyl (C=O) groups is 3. The van der Waals surface area contributed by atoms with Crippen molar-refractivity contribution in [1.29, 1.82) is 0 Å². The maximum atomic E-state index is 12.2. The van der Waals surface area contributed by atoms with E-state index in [1.807, 2.05) is 4.68 Å². The fourth-order valence-electron chi connectivity index (χ4n) is 3.12. The molecule has 0 unspecified atom stereocenters. The van der Waals surface area contributed by atoms with Crippen LogP contribution in [0.2, 0.25) is 0 Å². The van der Waals surface area contributed by atoms with Gasteiger partial charge in [-0.05, 0) is 25.2 Å². The van der Waals surface area contributed by atoms with Crippen molar-refractivity contribution in [3.8, 4) is 0 Å². The van der Waals surface area contributed by atoms with Crippen molar-refractivity contribution in [3.63, 3.8) is 0 Å². The molecule has 0 saturated heterocycles. The molecule has 8 heteroatoms. The first-order valence-electron chi connectivity index (χ1n) is 8.27. The summed E-state index contributed by atoms with van der Waals surface area (Å²) in [6, 6.07) is 0. The summed E-state index contributed by atoms with van der Waals surface area (Å²) in [5.41, 5.74) is 1.59. The van der Waals surface area contributed by atoms with Gasteiger partial charge in [0.2, 0.25) is 5.91 Å².